The number of ether oxygens (including phenoxy) is 1. The van der Waals surface area contributed by atoms with E-state index >= 15 is 0 Å². The molecule has 0 unspecified atom stereocenters. The molecule has 133 valence electrons. The van der Waals surface area contributed by atoms with Gasteiger partial charge in [-0.15, -0.1) is 5.06 Å². The van der Waals surface area contributed by atoms with Crippen molar-refractivity contribution in [2.75, 3.05) is 6.61 Å². The Morgan fingerprint density at radius 1 is 1.08 bits per heavy atom. The van der Waals surface area contributed by atoms with Crippen LogP contribution in [0.25, 0.3) is 11.1 Å². The predicted octanol–water partition coefficient (Wildman–Crippen LogP) is 0.543. The van der Waals surface area contributed by atoms with Gasteiger partial charge in [-0.3, -0.25) is 14.4 Å². The largest absolute Gasteiger partial charge is 0.632 e. The van der Waals surface area contributed by atoms with E-state index in [4.69, 9.17) is 5.73 Å². The van der Waals surface area contributed by atoms with Gasteiger partial charge in [0.1, 0.15) is 0 Å². The second kappa shape index (κ2) is 11.4. The third-order valence-electron chi connectivity index (χ3n) is 2.55. The molecular weight excluding hydrogens is 415 g/mol. The number of hydrogen-bond donors (Lipinski definition) is 0. The molecule has 2 heterocycles. The van der Waals surface area contributed by atoms with Crippen LogP contribution in [0.5, 0.6) is 0 Å². The van der Waals surface area contributed by atoms with Crippen LogP contribution in [0.3, 0.4) is 0 Å². The first-order valence-electron chi connectivity index (χ1n) is 6.72. The van der Waals surface area contributed by atoms with E-state index in [0.29, 0.717) is 5.06 Å². The van der Waals surface area contributed by atoms with Crippen molar-refractivity contribution >= 4 is 35.7 Å². The van der Waals surface area contributed by atoms with E-state index in [1.165, 1.54) is 0 Å². The molecule has 0 aromatic carbocycles. The number of carbonyl (C=O) groups is 6. The van der Waals surface area contributed by atoms with Crippen LogP contribution >= 0.6 is 0 Å². The van der Waals surface area contributed by atoms with Crippen LogP contribution in [0.2, 0.25) is 0 Å². The fourth-order valence-corrected chi connectivity index (χ4v) is 1.51. The van der Waals surface area contributed by atoms with Crippen LogP contribution < -0.4 is 0 Å². The number of nitrogens with one attached hydrogen (secondary N) is 1. The Morgan fingerprint density at radius 3 is 2.00 bits per heavy atom. The molecule has 1 fully saturated rings. The smallest absolute Gasteiger partial charge is 0.333 e. The van der Waals surface area contributed by atoms with E-state index in [1.807, 2.05) is 0 Å². The zero-order valence-electron chi connectivity index (χ0n) is 12.9. The van der Waals surface area contributed by atoms with Crippen molar-refractivity contribution in [1.29, 1.82) is 0 Å². The van der Waals surface area contributed by atoms with E-state index in [-0.39, 0.29) is 65.0 Å². The number of rotatable bonds is 5. The van der Waals surface area contributed by atoms with Crippen molar-refractivity contribution in [3.63, 3.8) is 0 Å². The molecule has 0 aliphatic carbocycles. The van der Waals surface area contributed by atoms with Crippen LogP contribution in [0.4, 0.5) is 4.79 Å². The SMILES string of the molecule is O=C1C=CC(=O)[N-]1.[NH-]C(=O)OCCCC(=O)ON1C(=O)CCC1=O.[Y]. The second-order valence-electron chi connectivity index (χ2n) is 4.41. The van der Waals surface area contributed by atoms with Gasteiger partial charge in [0.15, 0.2) is 0 Å². The van der Waals surface area contributed by atoms with Gasteiger partial charge in [0.25, 0.3) is 11.8 Å². The van der Waals surface area contributed by atoms with Gasteiger partial charge in [-0.1, -0.05) is 0 Å². The van der Waals surface area contributed by atoms with Gasteiger partial charge in [-0.2, -0.15) is 0 Å². The summed E-state index contributed by atoms with van der Waals surface area (Å²) >= 11 is 0. The molecule has 2 aliphatic heterocycles. The number of carbonyl (C=O) groups excluding carboxylic acids is 6. The minimum absolute atomic E-state index is 0. The maximum absolute atomic E-state index is 11.2. The Bertz CT molecular complexity index is 572. The molecule has 1 N–H and O–H groups in total. The maximum Gasteiger partial charge on any atom is 0.333 e. The molecule has 0 spiro atoms. The summed E-state index contributed by atoms with van der Waals surface area (Å²) in [6.45, 7) is -0.0840. The van der Waals surface area contributed by atoms with Crippen molar-refractivity contribution in [1.82, 2.24) is 5.06 Å². The average Bonchev–Trinajstić information content (AvgIpc) is 3.03. The third-order valence-corrected chi connectivity index (χ3v) is 2.55. The van der Waals surface area contributed by atoms with Crippen LogP contribution in [-0.2, 0) is 66.3 Å². The van der Waals surface area contributed by atoms with Gasteiger partial charge in [-0.05, 0) is 18.6 Å². The quantitative estimate of drug-likeness (QED) is 0.453. The van der Waals surface area contributed by atoms with E-state index in [0.717, 1.165) is 12.2 Å². The van der Waals surface area contributed by atoms with Gasteiger partial charge >= 0.3 is 5.97 Å². The van der Waals surface area contributed by atoms with E-state index in [9.17, 15) is 28.8 Å². The Balaban J connectivity index is 0.000000603. The number of hydroxylamine groups is 2. The van der Waals surface area contributed by atoms with Crippen LogP contribution in [0, 0.1) is 0 Å². The summed E-state index contributed by atoms with van der Waals surface area (Å²) < 4.78 is 4.28. The number of nitrogens with zero attached hydrogens (tertiary/aromatic N) is 2. The summed E-state index contributed by atoms with van der Waals surface area (Å²) in [4.78, 5) is 67.9. The Labute approximate surface area is 167 Å². The zero-order chi connectivity index (χ0) is 18.1. The molecule has 0 saturated carbocycles. The fourth-order valence-electron chi connectivity index (χ4n) is 1.51. The molecular formula is C13H13N3O8Y-2. The minimum atomic E-state index is -1.18. The van der Waals surface area contributed by atoms with Gasteiger partial charge in [0.05, 0.1) is 24.8 Å². The summed E-state index contributed by atoms with van der Waals surface area (Å²) in [6, 6.07) is 0. The number of imide groups is 2. The molecule has 12 heteroatoms. The maximum atomic E-state index is 11.2. The fraction of sp³-hybridized carbons (Fsp3) is 0.385. The molecule has 2 aliphatic rings. The van der Waals surface area contributed by atoms with Crippen molar-refractivity contribution in [3.8, 4) is 0 Å². The zero-order valence-corrected chi connectivity index (χ0v) is 15.8. The van der Waals surface area contributed by atoms with Gasteiger partial charge in [0, 0.05) is 45.6 Å². The minimum Gasteiger partial charge on any atom is -0.632 e. The summed E-state index contributed by atoms with van der Waals surface area (Å²) in [6.07, 6.45) is 1.25. The van der Waals surface area contributed by atoms with Gasteiger partial charge < -0.3 is 30.2 Å². The van der Waals surface area contributed by atoms with E-state index in [2.05, 4.69) is 14.9 Å². The van der Waals surface area contributed by atoms with E-state index < -0.39 is 35.7 Å². The standard InChI is InChI=1S/C9H12N2O6.C4H3NO2.Y/c10-9(15)16-5-1-2-8(14)17-11-6(12)3-4-7(11)13;6-3-1-2-4(7)5-3;/h1-5H2,(H2,10,15);1-2H,(H,5,6,7);/p-2. The van der Waals surface area contributed by atoms with Crippen molar-refractivity contribution in [3.05, 3.63) is 23.2 Å². The average molecular weight is 428 g/mol. The third kappa shape index (κ3) is 9.06. The van der Waals surface area contributed by atoms with Gasteiger partial charge in [0.2, 0.25) is 6.09 Å². The van der Waals surface area contributed by atoms with Crippen LogP contribution in [-0.4, -0.2) is 47.4 Å². The molecule has 2 rings (SSSR count). The van der Waals surface area contributed by atoms with Crippen LogP contribution in [0.15, 0.2) is 12.2 Å². The number of hydrogen-bond acceptors (Lipinski definition) is 8. The van der Waals surface area contributed by atoms with Crippen molar-refractivity contribution in [2.45, 2.75) is 25.7 Å². The first kappa shape index (κ1) is 22.9. The predicted molar refractivity (Wildman–Crippen MR) is 74.6 cm³/mol. The molecule has 5 amide bonds. The first-order valence-corrected chi connectivity index (χ1v) is 6.72. The van der Waals surface area contributed by atoms with Crippen molar-refractivity contribution in [2.24, 2.45) is 0 Å². The Morgan fingerprint density at radius 2 is 1.60 bits per heavy atom. The monoisotopic (exact) mass is 428 g/mol. The summed E-state index contributed by atoms with van der Waals surface area (Å²) in [7, 11) is 0. The molecule has 25 heavy (non-hydrogen) atoms. The molecule has 0 aromatic rings. The molecule has 0 atom stereocenters. The molecule has 0 bridgehead atoms. The van der Waals surface area contributed by atoms with Gasteiger partial charge in [-0.25, -0.2) is 4.79 Å². The molecule has 1 radical (unpaired) electrons. The Hall–Kier alpha value is -2.14. The van der Waals surface area contributed by atoms with Crippen LogP contribution in [0.1, 0.15) is 25.7 Å². The first-order chi connectivity index (χ1) is 11.3. The topological polar surface area (TPSA) is 162 Å². The second-order valence-corrected chi connectivity index (χ2v) is 4.41. The summed E-state index contributed by atoms with van der Waals surface area (Å²) in [5.41, 5.74) is 6.42. The molecule has 11 nitrogen and oxygen atoms in total. The Kier molecular flexibility index (Phi) is 10.4. The van der Waals surface area contributed by atoms with Crippen molar-refractivity contribution < 1.29 is 71.1 Å². The number of amides is 5. The molecule has 0 aromatic heterocycles. The summed E-state index contributed by atoms with van der Waals surface area (Å²) in [5, 5.41) is 3.46. The molecule has 1 saturated heterocycles. The summed E-state index contributed by atoms with van der Waals surface area (Å²) in [5.74, 6) is -2.74. The van der Waals surface area contributed by atoms with E-state index in [1.54, 1.807) is 0 Å². The normalized spacial score (nSPS) is 15.1.